The zero-order valence-electron chi connectivity index (χ0n) is 9.22. The molecule has 0 radical (unpaired) electrons. The first kappa shape index (κ1) is 10.7. The molecular weight excluding hydrogens is 212 g/mol. The van der Waals surface area contributed by atoms with Gasteiger partial charge in [0.1, 0.15) is 23.5 Å². The zero-order valence-corrected chi connectivity index (χ0v) is 9.22. The van der Waals surface area contributed by atoms with E-state index in [9.17, 15) is 4.79 Å². The molecule has 0 amide bonds. The van der Waals surface area contributed by atoms with Gasteiger partial charge in [0, 0.05) is 0 Å². The molecule has 1 N–H and O–H groups in total. The molecule has 2 atom stereocenters. The molecule has 0 fully saturated rings. The molecule has 6 nitrogen and oxygen atoms in total. The van der Waals surface area contributed by atoms with Crippen LogP contribution in [0.1, 0.15) is 23.9 Å². The number of nitrogens with zero attached hydrogens (tertiary/aromatic N) is 2. The quantitative estimate of drug-likeness (QED) is 0.813. The maximum absolute atomic E-state index is 11.1. The Kier molecular flexibility index (Phi) is 2.41. The summed E-state index contributed by atoms with van der Waals surface area (Å²) in [6.45, 7) is 5.14. The van der Waals surface area contributed by atoms with Gasteiger partial charge in [-0.3, -0.25) is 4.79 Å². The van der Waals surface area contributed by atoms with Crippen LogP contribution < -0.4 is 0 Å². The van der Waals surface area contributed by atoms with Gasteiger partial charge in [0.2, 0.25) is 0 Å². The molecule has 16 heavy (non-hydrogen) atoms. The second-order valence-electron chi connectivity index (χ2n) is 3.80. The highest BCUT2D eigenvalue weighted by atomic mass is 16.6. The van der Waals surface area contributed by atoms with Crippen LogP contribution in [0.25, 0.3) is 0 Å². The number of aliphatic carboxylic acids is 1. The van der Waals surface area contributed by atoms with E-state index >= 15 is 0 Å². The first-order valence-electron chi connectivity index (χ1n) is 4.92. The van der Waals surface area contributed by atoms with Gasteiger partial charge in [-0.15, -0.1) is 0 Å². The predicted octanol–water partition coefficient (Wildman–Crippen LogP) is 1.12. The van der Waals surface area contributed by atoms with Crippen LogP contribution in [-0.4, -0.2) is 28.0 Å². The third kappa shape index (κ3) is 1.46. The number of carboxylic acid groups (broad SMARTS) is 1. The number of aryl methyl sites for hydroxylation is 2. The topological polar surface area (TPSA) is 84.9 Å². The molecule has 0 spiro atoms. The molecule has 1 aliphatic rings. The third-order valence-corrected chi connectivity index (χ3v) is 2.64. The van der Waals surface area contributed by atoms with E-state index in [1.165, 1.54) is 0 Å². The van der Waals surface area contributed by atoms with Crippen molar-refractivity contribution in [3.8, 4) is 0 Å². The number of carbonyl (C=O) groups is 1. The van der Waals surface area contributed by atoms with Crippen LogP contribution in [0.5, 0.6) is 0 Å². The number of rotatable bonds is 2. The number of carboxylic acids is 1. The monoisotopic (exact) mass is 224 g/mol. The Morgan fingerprint density at radius 1 is 1.44 bits per heavy atom. The lowest BCUT2D eigenvalue weighted by molar-refractivity contribution is -0.141. The number of oxime groups is 1. The minimum atomic E-state index is -0.955. The normalized spacial score (nSPS) is 24.1. The highest BCUT2D eigenvalue weighted by Gasteiger charge is 2.40. The van der Waals surface area contributed by atoms with Crippen molar-refractivity contribution in [2.24, 2.45) is 11.1 Å². The summed E-state index contributed by atoms with van der Waals surface area (Å²) >= 11 is 0. The standard InChI is InChI=1S/C10H12N2O4/c1-4-7(5(2)15-11-4)9-8(10(13)14)6(3)16-12-9/h6,8H,1-3H3,(H,13,14). The van der Waals surface area contributed by atoms with Crippen LogP contribution in [0, 0.1) is 19.8 Å². The fraction of sp³-hybridized carbons (Fsp3) is 0.500. The highest BCUT2D eigenvalue weighted by Crippen LogP contribution is 2.26. The Morgan fingerprint density at radius 3 is 2.62 bits per heavy atom. The second-order valence-corrected chi connectivity index (χ2v) is 3.80. The van der Waals surface area contributed by atoms with Gasteiger partial charge in [-0.2, -0.15) is 0 Å². The summed E-state index contributed by atoms with van der Waals surface area (Å²) in [5.74, 6) is -1.17. The van der Waals surface area contributed by atoms with Gasteiger partial charge in [0.05, 0.1) is 11.3 Å². The average molecular weight is 224 g/mol. The van der Waals surface area contributed by atoms with Crippen molar-refractivity contribution in [2.45, 2.75) is 26.9 Å². The number of aromatic nitrogens is 1. The predicted molar refractivity (Wildman–Crippen MR) is 54.2 cm³/mol. The van der Waals surface area contributed by atoms with Gasteiger partial charge >= 0.3 is 5.97 Å². The summed E-state index contributed by atoms with van der Waals surface area (Å²) in [6, 6.07) is 0. The molecular formula is C10H12N2O4. The fourth-order valence-electron chi connectivity index (χ4n) is 1.85. The van der Waals surface area contributed by atoms with E-state index in [1.807, 2.05) is 0 Å². The third-order valence-electron chi connectivity index (χ3n) is 2.64. The molecule has 0 bridgehead atoms. The van der Waals surface area contributed by atoms with Crippen molar-refractivity contribution in [2.75, 3.05) is 0 Å². The highest BCUT2D eigenvalue weighted by molar-refractivity contribution is 6.13. The molecule has 0 saturated carbocycles. The summed E-state index contributed by atoms with van der Waals surface area (Å²) < 4.78 is 4.99. The summed E-state index contributed by atoms with van der Waals surface area (Å²) in [5.41, 5.74) is 1.65. The molecule has 1 aromatic rings. The maximum atomic E-state index is 11.1. The lowest BCUT2D eigenvalue weighted by Crippen LogP contribution is -2.30. The van der Waals surface area contributed by atoms with Gasteiger partial charge in [-0.05, 0) is 20.8 Å². The lowest BCUT2D eigenvalue weighted by Gasteiger charge is -2.09. The van der Waals surface area contributed by atoms with E-state index in [0.29, 0.717) is 22.7 Å². The zero-order chi connectivity index (χ0) is 11.9. The van der Waals surface area contributed by atoms with Crippen molar-refractivity contribution in [3.63, 3.8) is 0 Å². The SMILES string of the molecule is Cc1noc(C)c1C1=NOC(C)C1C(=O)O. The molecule has 6 heteroatoms. The molecule has 86 valence electrons. The van der Waals surface area contributed by atoms with Crippen molar-refractivity contribution in [3.05, 3.63) is 17.0 Å². The van der Waals surface area contributed by atoms with E-state index in [1.54, 1.807) is 20.8 Å². The van der Waals surface area contributed by atoms with Crippen molar-refractivity contribution < 1.29 is 19.3 Å². The van der Waals surface area contributed by atoms with Gasteiger partial charge in [0.25, 0.3) is 0 Å². The minimum Gasteiger partial charge on any atom is -0.481 e. The van der Waals surface area contributed by atoms with Crippen LogP contribution in [0.4, 0.5) is 0 Å². The number of hydrogen-bond donors (Lipinski definition) is 1. The molecule has 2 heterocycles. The molecule has 2 rings (SSSR count). The van der Waals surface area contributed by atoms with Crippen LogP contribution in [0.3, 0.4) is 0 Å². The van der Waals surface area contributed by atoms with Crippen LogP contribution in [0.2, 0.25) is 0 Å². The van der Waals surface area contributed by atoms with Gasteiger partial charge in [-0.25, -0.2) is 0 Å². The van der Waals surface area contributed by atoms with E-state index in [0.717, 1.165) is 0 Å². The summed E-state index contributed by atoms with van der Waals surface area (Å²) in [6.07, 6.45) is -0.471. The van der Waals surface area contributed by atoms with Gasteiger partial charge in [0.15, 0.2) is 0 Å². The molecule has 1 aromatic heterocycles. The molecule has 0 saturated heterocycles. The minimum absolute atomic E-state index is 0.385. The molecule has 1 aliphatic heterocycles. The molecule has 2 unspecified atom stereocenters. The smallest absolute Gasteiger partial charge is 0.316 e. The van der Waals surface area contributed by atoms with Crippen LogP contribution >= 0.6 is 0 Å². The fourth-order valence-corrected chi connectivity index (χ4v) is 1.85. The maximum Gasteiger partial charge on any atom is 0.316 e. The van der Waals surface area contributed by atoms with E-state index in [4.69, 9.17) is 14.5 Å². The Balaban J connectivity index is 2.45. The van der Waals surface area contributed by atoms with Crippen molar-refractivity contribution >= 4 is 11.7 Å². The summed E-state index contributed by atoms with van der Waals surface area (Å²) in [5, 5.41) is 16.7. The Bertz CT molecular complexity index is 444. The number of hydrogen-bond acceptors (Lipinski definition) is 5. The van der Waals surface area contributed by atoms with E-state index in [2.05, 4.69) is 10.3 Å². The van der Waals surface area contributed by atoms with Crippen LogP contribution in [0.15, 0.2) is 9.68 Å². The molecule has 0 aromatic carbocycles. The average Bonchev–Trinajstić information content (AvgIpc) is 2.70. The first-order valence-corrected chi connectivity index (χ1v) is 4.92. The summed E-state index contributed by atoms with van der Waals surface area (Å²) in [4.78, 5) is 16.1. The van der Waals surface area contributed by atoms with Crippen LogP contribution in [-0.2, 0) is 9.63 Å². The Labute approximate surface area is 91.9 Å². The van der Waals surface area contributed by atoms with E-state index in [-0.39, 0.29) is 0 Å². The molecule has 0 aliphatic carbocycles. The first-order chi connectivity index (χ1) is 7.52. The second kappa shape index (κ2) is 3.62. The lowest BCUT2D eigenvalue weighted by atomic mass is 9.92. The van der Waals surface area contributed by atoms with Crippen molar-refractivity contribution in [1.29, 1.82) is 0 Å². The van der Waals surface area contributed by atoms with E-state index < -0.39 is 18.0 Å². The Morgan fingerprint density at radius 2 is 2.12 bits per heavy atom. The van der Waals surface area contributed by atoms with Gasteiger partial charge < -0.3 is 14.5 Å². The Hall–Kier alpha value is -1.85. The van der Waals surface area contributed by atoms with Gasteiger partial charge in [-0.1, -0.05) is 10.3 Å². The van der Waals surface area contributed by atoms with Crippen molar-refractivity contribution in [1.82, 2.24) is 5.16 Å². The largest absolute Gasteiger partial charge is 0.481 e. The summed E-state index contributed by atoms with van der Waals surface area (Å²) in [7, 11) is 0.